The minimum atomic E-state index is -3.70. The molecule has 0 atom stereocenters. The molecule has 0 aliphatic carbocycles. The number of pyridine rings is 2. The first-order chi connectivity index (χ1) is 13.6. The zero-order valence-corrected chi connectivity index (χ0v) is 15.9. The summed E-state index contributed by atoms with van der Waals surface area (Å²) in [4.78, 5) is 8.67. The Kier molecular flexibility index (Phi) is 4.62. The van der Waals surface area contributed by atoms with Crippen molar-refractivity contribution in [1.29, 1.82) is 0 Å². The van der Waals surface area contributed by atoms with E-state index in [-0.39, 0.29) is 4.90 Å². The molecule has 0 bridgehead atoms. The molecule has 28 heavy (non-hydrogen) atoms. The topological polar surface area (TPSA) is 79.9 Å². The van der Waals surface area contributed by atoms with Crippen LogP contribution < -0.4 is 0 Å². The third kappa shape index (κ3) is 3.37. The molecule has 0 radical (unpaired) electrons. The number of fused-ring (bicyclic) bond motifs is 1. The lowest BCUT2D eigenvalue weighted by Crippen LogP contribution is -2.21. The molecule has 0 saturated carbocycles. The van der Waals surface area contributed by atoms with E-state index in [4.69, 9.17) is 0 Å². The fourth-order valence-corrected chi connectivity index (χ4v) is 3.72. The van der Waals surface area contributed by atoms with Gasteiger partial charge < -0.3 is 0 Å². The molecule has 4 aromatic rings. The number of imidazole rings is 1. The lowest BCUT2D eigenvalue weighted by Gasteiger charge is -2.13. The maximum atomic E-state index is 12.6. The van der Waals surface area contributed by atoms with Gasteiger partial charge in [0.05, 0.1) is 23.0 Å². The second kappa shape index (κ2) is 7.24. The van der Waals surface area contributed by atoms with Gasteiger partial charge in [0, 0.05) is 36.8 Å². The van der Waals surface area contributed by atoms with Crippen LogP contribution in [-0.4, -0.2) is 40.5 Å². The summed E-state index contributed by atoms with van der Waals surface area (Å²) in [6.45, 7) is 0. The Bertz CT molecular complexity index is 1240. The van der Waals surface area contributed by atoms with Gasteiger partial charge in [-0.05, 0) is 30.3 Å². The number of hydrogen-bond acceptors (Lipinski definition) is 5. The van der Waals surface area contributed by atoms with E-state index in [1.54, 1.807) is 36.8 Å². The molecule has 0 amide bonds. The van der Waals surface area contributed by atoms with E-state index < -0.39 is 10.0 Å². The summed E-state index contributed by atoms with van der Waals surface area (Å²) >= 11 is 0. The van der Waals surface area contributed by atoms with Gasteiger partial charge in [-0.2, -0.15) is 17.9 Å². The van der Waals surface area contributed by atoms with E-state index in [1.807, 2.05) is 34.9 Å². The largest absolute Gasteiger partial charge is 0.298 e. The van der Waals surface area contributed by atoms with Gasteiger partial charge in [0.1, 0.15) is 5.65 Å². The van der Waals surface area contributed by atoms with Crippen LogP contribution in [0.1, 0.15) is 5.69 Å². The second-order valence-electron chi connectivity index (χ2n) is 6.07. The van der Waals surface area contributed by atoms with Crippen LogP contribution in [0.5, 0.6) is 0 Å². The maximum absolute atomic E-state index is 12.6. The van der Waals surface area contributed by atoms with Crippen LogP contribution >= 0.6 is 0 Å². The average molecular weight is 391 g/mol. The Balaban J connectivity index is 1.66. The summed E-state index contributed by atoms with van der Waals surface area (Å²) in [6.07, 6.45) is 8.56. The summed E-state index contributed by atoms with van der Waals surface area (Å²) in [6, 6.07) is 15.9. The van der Waals surface area contributed by atoms with E-state index in [9.17, 15) is 8.42 Å². The highest BCUT2D eigenvalue weighted by Crippen LogP contribution is 2.19. The van der Waals surface area contributed by atoms with Crippen LogP contribution in [0.3, 0.4) is 0 Å². The van der Waals surface area contributed by atoms with Gasteiger partial charge in [0.15, 0.2) is 0 Å². The number of benzene rings is 1. The Hall–Kier alpha value is -3.52. The van der Waals surface area contributed by atoms with Crippen LogP contribution in [0, 0.1) is 0 Å². The van der Waals surface area contributed by atoms with Crippen molar-refractivity contribution in [3.63, 3.8) is 0 Å². The van der Waals surface area contributed by atoms with Crippen LogP contribution in [-0.2, 0) is 10.0 Å². The van der Waals surface area contributed by atoms with E-state index in [0.717, 1.165) is 21.2 Å². The van der Waals surface area contributed by atoms with Crippen LogP contribution in [0.4, 0.5) is 0 Å². The van der Waals surface area contributed by atoms with Crippen LogP contribution in [0.15, 0.2) is 89.4 Å². The molecule has 7 nitrogen and oxygen atoms in total. The number of hydrogen-bond donors (Lipinski definition) is 0. The lowest BCUT2D eigenvalue weighted by molar-refractivity contribution is 0.491. The fourth-order valence-electron chi connectivity index (χ4n) is 2.75. The number of aromatic nitrogens is 3. The van der Waals surface area contributed by atoms with Crippen molar-refractivity contribution in [1.82, 2.24) is 18.8 Å². The molecule has 0 fully saturated rings. The van der Waals surface area contributed by atoms with Crippen molar-refractivity contribution in [2.24, 2.45) is 5.10 Å². The van der Waals surface area contributed by atoms with Crippen molar-refractivity contribution in [3.8, 4) is 11.1 Å². The minimum Gasteiger partial charge on any atom is -0.298 e. The molecule has 8 heteroatoms. The Labute approximate surface area is 162 Å². The molecule has 0 aliphatic rings. The van der Waals surface area contributed by atoms with Gasteiger partial charge >= 0.3 is 0 Å². The first-order valence-electron chi connectivity index (χ1n) is 8.51. The highest BCUT2D eigenvalue weighted by atomic mass is 32.2. The van der Waals surface area contributed by atoms with Crippen LogP contribution in [0.2, 0.25) is 0 Å². The fraction of sp³-hybridized carbons (Fsp3) is 0.0500. The summed E-state index contributed by atoms with van der Waals surface area (Å²) in [5.74, 6) is 0. The minimum absolute atomic E-state index is 0.187. The number of rotatable bonds is 5. The highest BCUT2D eigenvalue weighted by Gasteiger charge is 2.18. The van der Waals surface area contributed by atoms with Gasteiger partial charge in [-0.15, -0.1) is 0 Å². The lowest BCUT2D eigenvalue weighted by atomic mass is 10.1. The smallest absolute Gasteiger partial charge is 0.278 e. The normalized spacial score (nSPS) is 11.9. The summed E-state index contributed by atoms with van der Waals surface area (Å²) < 4.78 is 28.0. The summed E-state index contributed by atoms with van der Waals surface area (Å²) in [5, 5.41) is 4.11. The van der Waals surface area contributed by atoms with Crippen LogP contribution in [0.25, 0.3) is 16.8 Å². The van der Waals surface area contributed by atoms with Crippen molar-refractivity contribution in [2.45, 2.75) is 4.90 Å². The van der Waals surface area contributed by atoms with Gasteiger partial charge in [0.25, 0.3) is 10.0 Å². The van der Waals surface area contributed by atoms with Crippen molar-refractivity contribution in [2.75, 3.05) is 7.05 Å². The Morgan fingerprint density at radius 2 is 1.82 bits per heavy atom. The molecule has 0 aliphatic heterocycles. The van der Waals surface area contributed by atoms with E-state index in [1.165, 1.54) is 25.4 Å². The van der Waals surface area contributed by atoms with Crippen molar-refractivity contribution in [3.05, 3.63) is 85.1 Å². The molecule has 0 unspecified atom stereocenters. The number of nitrogens with zero attached hydrogens (tertiary/aromatic N) is 5. The predicted molar refractivity (Wildman–Crippen MR) is 107 cm³/mol. The Morgan fingerprint density at radius 1 is 1.00 bits per heavy atom. The summed E-state index contributed by atoms with van der Waals surface area (Å²) in [5.41, 5.74) is 3.35. The molecule has 0 spiro atoms. The molecule has 0 saturated heterocycles. The predicted octanol–water partition coefficient (Wildman–Crippen LogP) is 3.05. The van der Waals surface area contributed by atoms with Crippen molar-refractivity contribution < 1.29 is 8.42 Å². The van der Waals surface area contributed by atoms with Crippen molar-refractivity contribution >= 4 is 21.9 Å². The molecule has 3 aromatic heterocycles. The zero-order valence-electron chi connectivity index (χ0n) is 15.0. The molecule has 1 aromatic carbocycles. The van der Waals surface area contributed by atoms with Gasteiger partial charge in [-0.3, -0.25) is 9.38 Å². The SMILES string of the molecule is CN(N=Cc1cnc2ccc(-c3cccnc3)cn12)S(=O)(=O)c1ccccc1. The zero-order chi connectivity index (χ0) is 19.6. The van der Waals surface area contributed by atoms with Gasteiger partial charge in [-0.1, -0.05) is 24.3 Å². The third-order valence-corrected chi connectivity index (χ3v) is 5.93. The number of hydrazone groups is 1. The van der Waals surface area contributed by atoms with Gasteiger partial charge in [0.2, 0.25) is 0 Å². The molecular formula is C20H17N5O2S. The van der Waals surface area contributed by atoms with E-state index in [2.05, 4.69) is 15.1 Å². The molecule has 140 valence electrons. The van der Waals surface area contributed by atoms with Gasteiger partial charge in [-0.25, -0.2) is 4.98 Å². The molecule has 4 rings (SSSR count). The summed E-state index contributed by atoms with van der Waals surface area (Å²) in [7, 11) is -2.29. The van der Waals surface area contributed by atoms with E-state index in [0.29, 0.717) is 5.69 Å². The van der Waals surface area contributed by atoms with E-state index >= 15 is 0 Å². The third-order valence-electron chi connectivity index (χ3n) is 4.27. The monoisotopic (exact) mass is 391 g/mol. The first kappa shape index (κ1) is 17.9. The average Bonchev–Trinajstić information content (AvgIpc) is 3.15. The Morgan fingerprint density at radius 3 is 2.57 bits per heavy atom. The quantitative estimate of drug-likeness (QED) is 0.387. The molecule has 0 N–H and O–H groups in total. The molecular weight excluding hydrogens is 374 g/mol. The first-order valence-corrected chi connectivity index (χ1v) is 9.95. The molecule has 3 heterocycles. The maximum Gasteiger partial charge on any atom is 0.278 e. The standard InChI is InChI=1S/C20H17N5O2S/c1-24(28(26,27)19-7-3-2-4-8-19)23-14-18-13-22-20-10-9-17(15-25(18)20)16-6-5-11-21-12-16/h2-15H,1H3. The highest BCUT2D eigenvalue weighted by molar-refractivity contribution is 7.89. The number of sulfonamides is 1. The second-order valence-corrected chi connectivity index (χ2v) is 8.02.